The van der Waals surface area contributed by atoms with Gasteiger partial charge in [0.05, 0.1) is 16.1 Å². The first-order chi connectivity index (χ1) is 11.6. The lowest BCUT2D eigenvalue weighted by Gasteiger charge is -2.06. The Labute approximate surface area is 143 Å². The molecule has 0 bridgehead atoms. The Kier molecular flexibility index (Phi) is 4.71. The molecule has 24 heavy (non-hydrogen) atoms. The molecule has 0 unspecified atom stereocenters. The molecule has 1 amide bonds. The summed E-state index contributed by atoms with van der Waals surface area (Å²) in [6, 6.07) is 6.96. The van der Waals surface area contributed by atoms with Gasteiger partial charge in [0.2, 0.25) is 0 Å². The molecule has 0 fully saturated rings. The molecule has 0 atom stereocenters. The largest absolute Gasteiger partial charge is 0.351 e. The van der Waals surface area contributed by atoms with E-state index in [0.29, 0.717) is 17.3 Å². The first-order valence-electron chi connectivity index (χ1n) is 7.75. The van der Waals surface area contributed by atoms with Crippen molar-refractivity contribution in [2.24, 2.45) is 0 Å². The van der Waals surface area contributed by atoms with Crippen LogP contribution in [0.2, 0.25) is 0 Å². The van der Waals surface area contributed by atoms with Crippen LogP contribution in [0.3, 0.4) is 0 Å². The van der Waals surface area contributed by atoms with Crippen LogP contribution in [-0.4, -0.2) is 27.6 Å². The van der Waals surface area contributed by atoms with Crippen LogP contribution in [0.1, 0.15) is 32.5 Å². The summed E-state index contributed by atoms with van der Waals surface area (Å²) in [5.74, 6) is -0.283. The summed E-state index contributed by atoms with van der Waals surface area (Å²) < 4.78 is 0. The van der Waals surface area contributed by atoms with Gasteiger partial charge in [-0.15, -0.1) is 11.3 Å². The van der Waals surface area contributed by atoms with Crippen LogP contribution in [0.5, 0.6) is 0 Å². The maximum Gasteiger partial charge on any atom is 0.272 e. The van der Waals surface area contributed by atoms with Gasteiger partial charge in [-0.05, 0) is 26.3 Å². The molecule has 0 aliphatic heterocycles. The maximum atomic E-state index is 12.3. The lowest BCUT2D eigenvalue weighted by atomic mass is 10.1. The molecule has 0 spiro atoms. The van der Waals surface area contributed by atoms with E-state index >= 15 is 0 Å². The lowest BCUT2D eigenvalue weighted by molar-refractivity contribution is 0.0949. The molecule has 3 rings (SSSR count). The van der Waals surface area contributed by atoms with E-state index in [1.165, 1.54) is 4.88 Å². The van der Waals surface area contributed by atoms with Gasteiger partial charge in [0.15, 0.2) is 5.69 Å². The van der Waals surface area contributed by atoms with Crippen LogP contribution >= 0.6 is 11.3 Å². The summed E-state index contributed by atoms with van der Waals surface area (Å²) in [5, 5.41) is 11.2. The average molecular weight is 342 g/mol. The number of thiazole rings is 1. The van der Waals surface area contributed by atoms with E-state index < -0.39 is 0 Å². The smallest absolute Gasteiger partial charge is 0.272 e. The molecule has 2 aromatic heterocycles. The number of rotatable bonds is 5. The average Bonchev–Trinajstić information content (AvgIpc) is 2.90. The highest BCUT2D eigenvalue weighted by molar-refractivity contribution is 7.11. The number of aryl methyl sites for hydroxylation is 3. The molecule has 7 heteroatoms. The van der Waals surface area contributed by atoms with Crippen LogP contribution in [0.4, 0.5) is 0 Å². The fourth-order valence-electron chi connectivity index (χ4n) is 2.46. The molecule has 0 aliphatic carbocycles. The van der Waals surface area contributed by atoms with Crippen molar-refractivity contribution in [2.75, 3.05) is 6.54 Å². The van der Waals surface area contributed by atoms with Gasteiger partial charge >= 0.3 is 0 Å². The molecule has 6 nitrogen and oxygen atoms in total. The number of H-pyrrole nitrogens is 1. The van der Waals surface area contributed by atoms with E-state index in [-0.39, 0.29) is 17.2 Å². The molecule has 0 saturated carbocycles. The summed E-state index contributed by atoms with van der Waals surface area (Å²) in [6.07, 6.45) is 1.64. The van der Waals surface area contributed by atoms with Crippen molar-refractivity contribution in [1.29, 1.82) is 0 Å². The van der Waals surface area contributed by atoms with Crippen molar-refractivity contribution in [2.45, 2.75) is 26.7 Å². The zero-order chi connectivity index (χ0) is 17.1. The van der Waals surface area contributed by atoms with Crippen LogP contribution in [0, 0.1) is 13.8 Å². The van der Waals surface area contributed by atoms with Crippen molar-refractivity contribution in [1.82, 2.24) is 20.5 Å². The minimum Gasteiger partial charge on any atom is -0.351 e. The van der Waals surface area contributed by atoms with E-state index in [1.807, 2.05) is 6.92 Å². The van der Waals surface area contributed by atoms with E-state index in [0.717, 1.165) is 23.5 Å². The third-order valence-corrected chi connectivity index (χ3v) is 4.97. The fraction of sp³-hybridized carbons (Fsp3) is 0.294. The molecule has 2 N–H and O–H groups in total. The van der Waals surface area contributed by atoms with Gasteiger partial charge in [-0.2, -0.15) is 5.10 Å². The quantitative estimate of drug-likeness (QED) is 0.697. The topological polar surface area (TPSA) is 87.7 Å². The van der Waals surface area contributed by atoms with Crippen molar-refractivity contribution in [3.63, 3.8) is 0 Å². The Morgan fingerprint density at radius 1 is 1.25 bits per heavy atom. The Morgan fingerprint density at radius 3 is 2.71 bits per heavy atom. The summed E-state index contributed by atoms with van der Waals surface area (Å²) in [4.78, 5) is 29.8. The zero-order valence-electron chi connectivity index (χ0n) is 13.5. The van der Waals surface area contributed by atoms with E-state index in [4.69, 9.17) is 0 Å². The first kappa shape index (κ1) is 16.3. The standard InChI is InChI=1S/C17H18N4O2S/c1-10-11(2)24-14(19-10)8-5-9-18-17(23)15-12-6-3-4-7-13(12)16(22)21-20-15/h3-4,6-7H,5,8-9H2,1-2H3,(H,18,23)(H,21,22). The van der Waals surface area contributed by atoms with Gasteiger partial charge in [-0.25, -0.2) is 10.1 Å². The fourth-order valence-corrected chi connectivity index (χ4v) is 3.43. The maximum absolute atomic E-state index is 12.3. The highest BCUT2D eigenvalue weighted by atomic mass is 32.1. The predicted octanol–water partition coefficient (Wildman–Crippen LogP) is 2.36. The second-order valence-electron chi connectivity index (χ2n) is 5.56. The Morgan fingerprint density at radius 2 is 2.00 bits per heavy atom. The monoisotopic (exact) mass is 342 g/mol. The number of nitrogens with zero attached hydrogens (tertiary/aromatic N) is 2. The predicted molar refractivity (Wildman–Crippen MR) is 94.6 cm³/mol. The number of hydrogen-bond donors (Lipinski definition) is 2. The normalized spacial score (nSPS) is 10.9. The number of aromatic amines is 1. The number of carbonyl (C=O) groups is 1. The molecule has 1 aromatic carbocycles. The Hall–Kier alpha value is -2.54. The van der Waals surface area contributed by atoms with E-state index in [9.17, 15) is 9.59 Å². The SMILES string of the molecule is Cc1nc(CCCNC(=O)c2n[nH]c(=O)c3ccccc23)sc1C. The highest BCUT2D eigenvalue weighted by Gasteiger charge is 2.13. The van der Waals surface area contributed by atoms with Gasteiger partial charge < -0.3 is 5.32 Å². The van der Waals surface area contributed by atoms with E-state index in [2.05, 4.69) is 27.4 Å². The number of hydrogen-bond acceptors (Lipinski definition) is 5. The minimum absolute atomic E-state index is 0.242. The molecule has 0 aliphatic rings. The number of nitrogens with one attached hydrogen (secondary N) is 2. The lowest BCUT2D eigenvalue weighted by Crippen LogP contribution is -2.27. The Balaban J connectivity index is 1.63. The molecule has 2 heterocycles. The van der Waals surface area contributed by atoms with Crippen LogP contribution in [0.15, 0.2) is 29.1 Å². The number of benzene rings is 1. The molecular weight excluding hydrogens is 324 g/mol. The second kappa shape index (κ2) is 6.92. The number of amides is 1. The van der Waals surface area contributed by atoms with E-state index in [1.54, 1.807) is 35.6 Å². The zero-order valence-corrected chi connectivity index (χ0v) is 14.4. The molecular formula is C17H18N4O2S. The minimum atomic E-state index is -0.295. The van der Waals surface area contributed by atoms with Gasteiger partial charge in [0.1, 0.15) is 0 Å². The molecule has 124 valence electrons. The third kappa shape index (κ3) is 3.35. The summed E-state index contributed by atoms with van der Waals surface area (Å²) in [6.45, 7) is 4.60. The van der Waals surface area contributed by atoms with Crippen LogP contribution in [-0.2, 0) is 6.42 Å². The van der Waals surface area contributed by atoms with Crippen LogP contribution in [0.25, 0.3) is 10.8 Å². The third-order valence-electron chi connectivity index (χ3n) is 3.84. The Bertz CT molecular complexity index is 926. The first-order valence-corrected chi connectivity index (χ1v) is 8.56. The molecule has 3 aromatic rings. The van der Waals surface area contributed by atoms with Gasteiger partial charge in [0.25, 0.3) is 11.5 Å². The van der Waals surface area contributed by atoms with Crippen molar-refractivity contribution >= 4 is 28.0 Å². The number of aromatic nitrogens is 3. The summed E-state index contributed by atoms with van der Waals surface area (Å²) >= 11 is 1.70. The highest BCUT2D eigenvalue weighted by Crippen LogP contribution is 2.17. The van der Waals surface area contributed by atoms with Crippen molar-refractivity contribution < 1.29 is 4.79 Å². The number of carbonyl (C=O) groups excluding carboxylic acids is 1. The van der Waals surface area contributed by atoms with Gasteiger partial charge in [-0.3, -0.25) is 9.59 Å². The second-order valence-corrected chi connectivity index (χ2v) is 6.84. The number of fused-ring (bicyclic) bond motifs is 1. The summed E-state index contributed by atoms with van der Waals surface area (Å²) in [5.41, 5.74) is 1.02. The van der Waals surface area contributed by atoms with Crippen molar-refractivity contribution in [3.8, 4) is 0 Å². The van der Waals surface area contributed by atoms with Crippen LogP contribution < -0.4 is 10.9 Å². The molecule has 0 radical (unpaired) electrons. The van der Waals surface area contributed by atoms with Crippen molar-refractivity contribution in [3.05, 3.63) is 55.9 Å². The van der Waals surface area contributed by atoms with Gasteiger partial charge in [-0.1, -0.05) is 18.2 Å². The van der Waals surface area contributed by atoms with Gasteiger partial charge in [0, 0.05) is 23.2 Å². The summed E-state index contributed by atoms with van der Waals surface area (Å²) in [7, 11) is 0. The molecule has 0 saturated heterocycles.